The van der Waals surface area contributed by atoms with Gasteiger partial charge in [-0.2, -0.15) is 5.10 Å². The lowest BCUT2D eigenvalue weighted by atomic mass is 10.2. The van der Waals surface area contributed by atoms with Crippen molar-refractivity contribution in [3.8, 4) is 0 Å². The van der Waals surface area contributed by atoms with Crippen LogP contribution >= 0.6 is 23.2 Å². The van der Waals surface area contributed by atoms with Crippen molar-refractivity contribution in [3.05, 3.63) is 74.0 Å². The standard InChI is InChI=1S/C16H11Cl2N3O2/c17-10-6-11-13(12(18)7-10)20-21-14(15(11)22)16(23)19-8-9-4-2-1-3-5-9/h1-7H,8H2,(H,19,23)(H,20,22). The van der Waals surface area contributed by atoms with Crippen LogP contribution in [0.15, 0.2) is 47.3 Å². The lowest BCUT2D eigenvalue weighted by Crippen LogP contribution is -2.30. The molecule has 2 N–H and O–H groups in total. The van der Waals surface area contributed by atoms with Gasteiger partial charge >= 0.3 is 0 Å². The third-order valence-electron chi connectivity index (χ3n) is 3.31. The Morgan fingerprint density at radius 1 is 1.17 bits per heavy atom. The maximum atomic E-state index is 12.4. The molecule has 3 aromatic rings. The minimum atomic E-state index is -0.562. The average Bonchev–Trinajstić information content (AvgIpc) is 2.54. The quantitative estimate of drug-likeness (QED) is 0.764. The van der Waals surface area contributed by atoms with Gasteiger partial charge in [0.1, 0.15) is 0 Å². The fourth-order valence-electron chi connectivity index (χ4n) is 2.17. The van der Waals surface area contributed by atoms with Crippen LogP contribution in [0, 0.1) is 0 Å². The van der Waals surface area contributed by atoms with Gasteiger partial charge in [-0.3, -0.25) is 14.7 Å². The highest BCUT2D eigenvalue weighted by Crippen LogP contribution is 2.23. The Balaban J connectivity index is 1.92. The molecule has 1 amide bonds. The highest BCUT2D eigenvalue weighted by atomic mass is 35.5. The van der Waals surface area contributed by atoms with Gasteiger partial charge < -0.3 is 5.32 Å². The summed E-state index contributed by atoms with van der Waals surface area (Å²) in [5.74, 6) is -0.562. The molecule has 1 heterocycles. The van der Waals surface area contributed by atoms with Gasteiger partial charge in [-0.25, -0.2) is 0 Å². The normalized spacial score (nSPS) is 10.7. The van der Waals surface area contributed by atoms with Gasteiger partial charge in [0.05, 0.1) is 15.9 Å². The number of hydrogen-bond donors (Lipinski definition) is 2. The molecule has 0 unspecified atom stereocenters. The van der Waals surface area contributed by atoms with Gasteiger partial charge in [0, 0.05) is 11.6 Å². The summed E-state index contributed by atoms with van der Waals surface area (Å²) < 4.78 is 0. The molecule has 0 aliphatic rings. The highest BCUT2D eigenvalue weighted by Gasteiger charge is 2.16. The minimum Gasteiger partial charge on any atom is -0.346 e. The summed E-state index contributed by atoms with van der Waals surface area (Å²) in [6, 6.07) is 12.3. The first-order valence-corrected chi connectivity index (χ1v) is 7.51. The largest absolute Gasteiger partial charge is 0.346 e. The van der Waals surface area contributed by atoms with Crippen LogP contribution in [0.3, 0.4) is 0 Å². The molecule has 116 valence electrons. The summed E-state index contributed by atoms with van der Waals surface area (Å²) in [6.45, 7) is 0.301. The number of fused-ring (bicyclic) bond motifs is 1. The molecule has 23 heavy (non-hydrogen) atoms. The van der Waals surface area contributed by atoms with E-state index in [0.717, 1.165) is 5.56 Å². The zero-order valence-electron chi connectivity index (χ0n) is 11.8. The minimum absolute atomic E-state index is 0.224. The molecule has 0 radical (unpaired) electrons. The Labute approximate surface area is 141 Å². The lowest BCUT2D eigenvalue weighted by Gasteiger charge is -2.06. The van der Waals surface area contributed by atoms with Crippen molar-refractivity contribution in [2.24, 2.45) is 0 Å². The Hall–Kier alpha value is -2.37. The number of carbonyl (C=O) groups is 1. The molecule has 2 aromatic carbocycles. The number of aromatic nitrogens is 2. The predicted octanol–water partition coefficient (Wildman–Crippen LogP) is 3.16. The van der Waals surface area contributed by atoms with E-state index in [0.29, 0.717) is 17.1 Å². The monoisotopic (exact) mass is 347 g/mol. The van der Waals surface area contributed by atoms with E-state index >= 15 is 0 Å². The molecule has 0 aliphatic carbocycles. The Kier molecular flexibility index (Phi) is 4.32. The zero-order chi connectivity index (χ0) is 16.4. The topological polar surface area (TPSA) is 74.8 Å². The fourth-order valence-corrected chi connectivity index (χ4v) is 2.71. The van der Waals surface area contributed by atoms with E-state index in [-0.39, 0.29) is 16.1 Å². The van der Waals surface area contributed by atoms with Crippen LogP contribution in [0.2, 0.25) is 10.0 Å². The van der Waals surface area contributed by atoms with Crippen LogP contribution in [-0.2, 0) is 6.54 Å². The number of nitrogens with zero attached hydrogens (tertiary/aromatic N) is 1. The van der Waals surface area contributed by atoms with Crippen molar-refractivity contribution in [1.82, 2.24) is 15.5 Å². The summed E-state index contributed by atoms with van der Waals surface area (Å²) >= 11 is 11.9. The molecule has 0 bridgehead atoms. The number of aromatic amines is 1. The van der Waals surface area contributed by atoms with Crippen LogP contribution in [0.5, 0.6) is 0 Å². The number of amides is 1. The maximum Gasteiger partial charge on any atom is 0.276 e. The van der Waals surface area contributed by atoms with Crippen LogP contribution < -0.4 is 10.7 Å². The van der Waals surface area contributed by atoms with E-state index in [1.165, 1.54) is 12.1 Å². The second-order valence-corrected chi connectivity index (χ2v) is 5.72. The van der Waals surface area contributed by atoms with Gasteiger partial charge in [0.25, 0.3) is 5.91 Å². The number of halogens is 2. The van der Waals surface area contributed by atoms with E-state index in [1.807, 2.05) is 30.3 Å². The molecular formula is C16H11Cl2N3O2. The van der Waals surface area contributed by atoms with Gasteiger partial charge in [0.2, 0.25) is 5.43 Å². The van der Waals surface area contributed by atoms with Crippen molar-refractivity contribution >= 4 is 40.0 Å². The average molecular weight is 348 g/mol. The van der Waals surface area contributed by atoms with Crippen LogP contribution in [0.1, 0.15) is 16.1 Å². The second-order valence-electron chi connectivity index (χ2n) is 4.88. The second kappa shape index (κ2) is 6.40. The van der Waals surface area contributed by atoms with E-state index < -0.39 is 11.3 Å². The first-order valence-electron chi connectivity index (χ1n) is 6.76. The highest BCUT2D eigenvalue weighted by molar-refractivity contribution is 6.38. The molecule has 0 fully saturated rings. The number of hydrogen-bond acceptors (Lipinski definition) is 3. The lowest BCUT2D eigenvalue weighted by molar-refractivity contribution is 0.0944. The Morgan fingerprint density at radius 2 is 1.91 bits per heavy atom. The molecule has 1 aromatic heterocycles. The molecule has 0 saturated heterocycles. The SMILES string of the molecule is O=C(NCc1ccccc1)c1n[nH]c2c(Cl)cc(Cl)cc2c1=O. The van der Waals surface area contributed by atoms with E-state index in [4.69, 9.17) is 23.2 Å². The first-order chi connectivity index (χ1) is 11.1. The number of carbonyl (C=O) groups excluding carboxylic acids is 1. The predicted molar refractivity (Wildman–Crippen MR) is 90.0 cm³/mol. The van der Waals surface area contributed by atoms with Crippen molar-refractivity contribution in [1.29, 1.82) is 0 Å². The molecule has 0 spiro atoms. The van der Waals surface area contributed by atoms with E-state index in [2.05, 4.69) is 15.5 Å². The third-order valence-corrected chi connectivity index (χ3v) is 3.82. The number of rotatable bonds is 3. The van der Waals surface area contributed by atoms with Crippen LogP contribution in [-0.4, -0.2) is 16.1 Å². The van der Waals surface area contributed by atoms with Crippen molar-refractivity contribution in [3.63, 3.8) is 0 Å². The van der Waals surface area contributed by atoms with Crippen molar-refractivity contribution in [2.75, 3.05) is 0 Å². The van der Waals surface area contributed by atoms with Crippen molar-refractivity contribution < 1.29 is 4.79 Å². The Bertz CT molecular complexity index is 939. The fraction of sp³-hybridized carbons (Fsp3) is 0.0625. The summed E-state index contributed by atoms with van der Waals surface area (Å²) in [6.07, 6.45) is 0. The van der Waals surface area contributed by atoms with E-state index in [1.54, 1.807) is 0 Å². The summed E-state index contributed by atoms with van der Waals surface area (Å²) in [7, 11) is 0. The summed E-state index contributed by atoms with van der Waals surface area (Å²) in [4.78, 5) is 24.6. The van der Waals surface area contributed by atoms with Gasteiger partial charge in [-0.05, 0) is 17.7 Å². The van der Waals surface area contributed by atoms with Gasteiger partial charge in [0.15, 0.2) is 5.69 Å². The molecular weight excluding hydrogens is 337 g/mol. The van der Waals surface area contributed by atoms with Crippen molar-refractivity contribution in [2.45, 2.75) is 6.54 Å². The molecule has 0 saturated carbocycles. The summed E-state index contributed by atoms with van der Waals surface area (Å²) in [5.41, 5.74) is 0.519. The Morgan fingerprint density at radius 3 is 2.65 bits per heavy atom. The third kappa shape index (κ3) is 3.21. The molecule has 0 aliphatic heterocycles. The number of H-pyrrole nitrogens is 1. The first kappa shape index (κ1) is 15.5. The summed E-state index contributed by atoms with van der Waals surface area (Å²) in [5, 5.41) is 9.94. The maximum absolute atomic E-state index is 12.4. The zero-order valence-corrected chi connectivity index (χ0v) is 13.3. The van der Waals surface area contributed by atoms with Gasteiger partial charge in [-0.15, -0.1) is 0 Å². The number of benzene rings is 2. The molecule has 7 heteroatoms. The number of nitrogens with one attached hydrogen (secondary N) is 2. The molecule has 5 nitrogen and oxygen atoms in total. The van der Waals surface area contributed by atoms with Gasteiger partial charge in [-0.1, -0.05) is 53.5 Å². The molecule has 0 atom stereocenters. The smallest absolute Gasteiger partial charge is 0.276 e. The molecule has 3 rings (SSSR count). The van der Waals surface area contributed by atoms with Crippen LogP contribution in [0.4, 0.5) is 0 Å². The van der Waals surface area contributed by atoms with E-state index in [9.17, 15) is 9.59 Å². The van der Waals surface area contributed by atoms with Crippen LogP contribution in [0.25, 0.3) is 10.9 Å².